The fourth-order valence-electron chi connectivity index (χ4n) is 3.28. The molecule has 1 aliphatic rings. The molecule has 0 bridgehead atoms. The minimum absolute atomic E-state index is 0.0772. The largest absolute Gasteiger partial charge is 0.490 e. The van der Waals surface area contributed by atoms with Gasteiger partial charge in [0.25, 0.3) is 0 Å². The summed E-state index contributed by atoms with van der Waals surface area (Å²) in [6.07, 6.45) is 4.66. The quantitative estimate of drug-likeness (QED) is 0.518. The molecule has 1 aliphatic carbocycles. The number of nitrogens with one attached hydrogen (secondary N) is 1. The van der Waals surface area contributed by atoms with Gasteiger partial charge in [-0.3, -0.25) is 9.59 Å². The molecule has 1 fully saturated rings. The lowest BCUT2D eigenvalue weighted by Crippen LogP contribution is -2.33. The van der Waals surface area contributed by atoms with E-state index in [-0.39, 0.29) is 40.0 Å². The topological polar surface area (TPSA) is 109 Å². The smallest absolute Gasteiger partial charge is 0.460 e. The van der Waals surface area contributed by atoms with E-state index in [1.807, 2.05) is 20.8 Å². The number of pyridine rings is 1. The van der Waals surface area contributed by atoms with E-state index in [9.17, 15) is 19.6 Å². The lowest BCUT2D eigenvalue weighted by Gasteiger charge is -2.29. The number of amides is 1. The Bertz CT molecular complexity index is 693. The molecule has 0 aromatic carbocycles. The number of ether oxygens (including phenoxy) is 1. The van der Waals surface area contributed by atoms with Gasteiger partial charge in [-0.05, 0) is 52.0 Å². The first-order valence-electron chi connectivity index (χ1n) is 9.09. The molecule has 2 atom stereocenters. The first kappa shape index (κ1) is 21.7. The van der Waals surface area contributed by atoms with Crippen LogP contribution in [0.4, 0.5) is 5.82 Å². The molecule has 0 unspecified atom stereocenters. The summed E-state index contributed by atoms with van der Waals surface area (Å²) >= 11 is 5.85. The average molecular weight is 397 g/mol. The van der Waals surface area contributed by atoms with Crippen LogP contribution in [0.2, 0.25) is 5.02 Å². The first-order chi connectivity index (χ1) is 12.5. The SMILES string of the molecule is CC(C)(C)OC(=O)C[C@@H]1CCC[C@H](C(=O)Nc2cc(B(O)O)c(Cl)cn2)C1. The molecule has 1 amide bonds. The highest BCUT2D eigenvalue weighted by molar-refractivity contribution is 6.62. The van der Waals surface area contributed by atoms with Crippen molar-refractivity contribution in [1.29, 1.82) is 0 Å². The number of halogens is 1. The Hall–Kier alpha value is -1.64. The number of carbonyl (C=O) groups excluding carboxylic acids is 2. The Labute approximate surface area is 164 Å². The second kappa shape index (κ2) is 9.04. The van der Waals surface area contributed by atoms with Gasteiger partial charge in [0.1, 0.15) is 11.4 Å². The molecular weight excluding hydrogens is 370 g/mol. The maximum Gasteiger partial charge on any atom is 0.490 e. The van der Waals surface area contributed by atoms with E-state index >= 15 is 0 Å². The second-order valence-corrected chi connectivity index (χ2v) is 8.38. The monoisotopic (exact) mass is 396 g/mol. The van der Waals surface area contributed by atoms with Crippen molar-refractivity contribution in [3.8, 4) is 0 Å². The number of nitrogens with zero attached hydrogens (tertiary/aromatic N) is 1. The zero-order valence-electron chi connectivity index (χ0n) is 15.9. The molecule has 0 aliphatic heterocycles. The van der Waals surface area contributed by atoms with E-state index in [1.54, 1.807) is 0 Å². The van der Waals surface area contributed by atoms with Crippen LogP contribution in [0.15, 0.2) is 12.3 Å². The van der Waals surface area contributed by atoms with Gasteiger partial charge in [-0.2, -0.15) is 0 Å². The van der Waals surface area contributed by atoms with E-state index in [4.69, 9.17) is 16.3 Å². The molecule has 1 saturated carbocycles. The molecule has 3 N–H and O–H groups in total. The maximum atomic E-state index is 12.6. The van der Waals surface area contributed by atoms with Crippen LogP contribution in [0.1, 0.15) is 52.9 Å². The fourth-order valence-corrected chi connectivity index (χ4v) is 3.48. The van der Waals surface area contributed by atoms with Gasteiger partial charge >= 0.3 is 13.1 Å². The Kier molecular flexibility index (Phi) is 7.25. The van der Waals surface area contributed by atoms with E-state index in [0.29, 0.717) is 12.8 Å². The maximum absolute atomic E-state index is 12.6. The number of aromatic nitrogens is 1. The van der Waals surface area contributed by atoms with Gasteiger partial charge < -0.3 is 20.1 Å². The van der Waals surface area contributed by atoms with Gasteiger partial charge in [-0.25, -0.2) is 4.98 Å². The van der Waals surface area contributed by atoms with Crippen LogP contribution in [-0.2, 0) is 14.3 Å². The van der Waals surface area contributed by atoms with Gasteiger partial charge in [0.2, 0.25) is 5.91 Å². The van der Waals surface area contributed by atoms with Crippen LogP contribution in [0.25, 0.3) is 0 Å². The fraction of sp³-hybridized carbons (Fsp3) is 0.611. The van der Waals surface area contributed by atoms with Crippen molar-refractivity contribution in [3.63, 3.8) is 0 Å². The molecule has 0 saturated heterocycles. The van der Waals surface area contributed by atoms with Crippen molar-refractivity contribution in [1.82, 2.24) is 4.98 Å². The predicted molar refractivity (Wildman–Crippen MR) is 104 cm³/mol. The highest BCUT2D eigenvalue weighted by Crippen LogP contribution is 2.32. The van der Waals surface area contributed by atoms with Crippen molar-refractivity contribution in [3.05, 3.63) is 17.3 Å². The van der Waals surface area contributed by atoms with Crippen LogP contribution in [0, 0.1) is 11.8 Å². The summed E-state index contributed by atoms with van der Waals surface area (Å²) in [4.78, 5) is 28.6. The van der Waals surface area contributed by atoms with Gasteiger partial charge in [-0.1, -0.05) is 18.0 Å². The van der Waals surface area contributed by atoms with Crippen molar-refractivity contribution >= 4 is 41.9 Å². The van der Waals surface area contributed by atoms with Crippen LogP contribution < -0.4 is 10.8 Å². The third-order valence-electron chi connectivity index (χ3n) is 4.44. The Morgan fingerprint density at radius 2 is 2.07 bits per heavy atom. The van der Waals surface area contributed by atoms with Crippen molar-refractivity contribution < 1.29 is 24.4 Å². The third kappa shape index (κ3) is 6.79. The molecule has 0 spiro atoms. The summed E-state index contributed by atoms with van der Waals surface area (Å²) in [5.41, 5.74) is -0.439. The zero-order valence-corrected chi connectivity index (χ0v) is 16.6. The van der Waals surface area contributed by atoms with Crippen molar-refractivity contribution in [2.75, 3.05) is 5.32 Å². The van der Waals surface area contributed by atoms with E-state index in [1.165, 1.54) is 12.3 Å². The normalized spacial score (nSPS) is 20.1. The van der Waals surface area contributed by atoms with Crippen molar-refractivity contribution in [2.45, 2.75) is 58.5 Å². The minimum Gasteiger partial charge on any atom is -0.460 e. The summed E-state index contributed by atoms with van der Waals surface area (Å²) in [7, 11) is -1.75. The van der Waals surface area contributed by atoms with Crippen LogP contribution in [-0.4, -0.2) is 39.6 Å². The predicted octanol–water partition coefficient (Wildman–Crippen LogP) is 1.89. The number of esters is 1. The molecule has 27 heavy (non-hydrogen) atoms. The summed E-state index contributed by atoms with van der Waals surface area (Å²) in [6, 6.07) is 1.34. The Morgan fingerprint density at radius 1 is 1.37 bits per heavy atom. The standard InChI is InChI=1S/C18H26BClN2O5/c1-18(2,3)27-16(23)8-11-5-4-6-12(7-11)17(24)22-15-9-13(19(25)26)14(20)10-21-15/h9-12,25-26H,4-8H2,1-3H3,(H,21,22,24)/t11-,12+/m1/s1. The minimum atomic E-state index is -1.75. The van der Waals surface area contributed by atoms with Gasteiger partial charge in [0.15, 0.2) is 0 Å². The molecule has 2 rings (SSSR count). The summed E-state index contributed by atoms with van der Waals surface area (Å²) in [6.45, 7) is 5.50. The first-order valence-corrected chi connectivity index (χ1v) is 9.47. The number of anilines is 1. The Balaban J connectivity index is 1.95. The lowest BCUT2D eigenvalue weighted by molar-refractivity contribution is -0.156. The summed E-state index contributed by atoms with van der Waals surface area (Å²) < 4.78 is 5.37. The molecule has 1 aromatic heterocycles. The van der Waals surface area contributed by atoms with E-state index < -0.39 is 12.7 Å². The summed E-state index contributed by atoms with van der Waals surface area (Å²) in [5.74, 6) is -0.350. The molecule has 1 heterocycles. The van der Waals surface area contributed by atoms with Gasteiger partial charge in [-0.15, -0.1) is 0 Å². The van der Waals surface area contributed by atoms with Crippen LogP contribution >= 0.6 is 11.6 Å². The van der Waals surface area contributed by atoms with E-state index in [2.05, 4.69) is 10.3 Å². The Morgan fingerprint density at radius 3 is 2.70 bits per heavy atom. The number of carbonyl (C=O) groups is 2. The van der Waals surface area contributed by atoms with Gasteiger partial charge in [0.05, 0.1) is 5.02 Å². The lowest BCUT2D eigenvalue weighted by atomic mass is 9.79. The van der Waals surface area contributed by atoms with E-state index in [0.717, 1.165) is 19.3 Å². The number of hydrogen-bond acceptors (Lipinski definition) is 6. The van der Waals surface area contributed by atoms with Gasteiger partial charge in [0, 0.05) is 24.0 Å². The molecule has 9 heteroatoms. The van der Waals surface area contributed by atoms with Crippen molar-refractivity contribution in [2.24, 2.45) is 11.8 Å². The second-order valence-electron chi connectivity index (χ2n) is 7.97. The van der Waals surface area contributed by atoms with Crippen LogP contribution in [0.3, 0.4) is 0 Å². The average Bonchev–Trinajstić information content (AvgIpc) is 2.54. The van der Waals surface area contributed by atoms with Crippen LogP contribution in [0.5, 0.6) is 0 Å². The number of rotatable bonds is 5. The molecular formula is C18H26BClN2O5. The third-order valence-corrected chi connectivity index (χ3v) is 4.76. The summed E-state index contributed by atoms with van der Waals surface area (Å²) in [5, 5.41) is 21.4. The number of hydrogen-bond donors (Lipinski definition) is 3. The molecule has 7 nitrogen and oxygen atoms in total. The molecule has 0 radical (unpaired) electrons. The highest BCUT2D eigenvalue weighted by Gasteiger charge is 2.30. The molecule has 148 valence electrons. The highest BCUT2D eigenvalue weighted by atomic mass is 35.5. The zero-order chi connectivity index (χ0) is 20.2. The molecule has 1 aromatic rings.